The van der Waals surface area contributed by atoms with Gasteiger partial charge in [0.05, 0.1) is 7.11 Å². The van der Waals surface area contributed by atoms with Gasteiger partial charge in [-0.05, 0) is 13.8 Å². The standard InChI is InChI=1S/C10H19N5O2S/c1-5-11-8-13-9(15-10(14-8)17-3)12-6-7(2)18(4)16/h7H,5-6H2,1-4H3,(H2,11,12,13,14,15). The number of rotatable bonds is 7. The van der Waals surface area contributed by atoms with E-state index < -0.39 is 10.8 Å². The van der Waals surface area contributed by atoms with Gasteiger partial charge in [0.1, 0.15) is 0 Å². The molecule has 0 aliphatic rings. The van der Waals surface area contributed by atoms with Crippen molar-refractivity contribution in [1.82, 2.24) is 15.0 Å². The monoisotopic (exact) mass is 273 g/mol. The summed E-state index contributed by atoms with van der Waals surface area (Å²) in [6.45, 7) is 5.09. The van der Waals surface area contributed by atoms with Crippen molar-refractivity contribution in [2.75, 3.05) is 37.1 Å². The molecule has 1 aromatic rings. The van der Waals surface area contributed by atoms with E-state index in [1.165, 1.54) is 7.11 Å². The summed E-state index contributed by atoms with van der Waals surface area (Å²) < 4.78 is 16.2. The molecule has 0 aromatic carbocycles. The second-order valence-corrected chi connectivity index (χ2v) is 5.49. The number of hydrogen-bond donors (Lipinski definition) is 2. The predicted octanol–water partition coefficient (Wildman–Crippen LogP) is 0.491. The molecular weight excluding hydrogens is 254 g/mol. The minimum atomic E-state index is -0.880. The second-order valence-electron chi connectivity index (χ2n) is 3.69. The third-order valence-corrected chi connectivity index (χ3v) is 3.55. The maximum absolute atomic E-state index is 11.2. The molecule has 0 bridgehead atoms. The van der Waals surface area contributed by atoms with Gasteiger partial charge in [-0.3, -0.25) is 4.21 Å². The van der Waals surface area contributed by atoms with Crippen molar-refractivity contribution in [3.05, 3.63) is 0 Å². The molecule has 18 heavy (non-hydrogen) atoms. The molecule has 1 heterocycles. The first-order chi connectivity index (χ1) is 8.56. The summed E-state index contributed by atoms with van der Waals surface area (Å²) in [7, 11) is 0.618. The molecule has 8 heteroatoms. The summed E-state index contributed by atoms with van der Waals surface area (Å²) in [5.74, 6) is 0.868. The Balaban J connectivity index is 2.74. The Kier molecular flexibility index (Phi) is 5.76. The van der Waals surface area contributed by atoms with Crippen LogP contribution in [0.2, 0.25) is 0 Å². The zero-order valence-corrected chi connectivity index (χ0v) is 11.9. The van der Waals surface area contributed by atoms with Crippen LogP contribution in [0.5, 0.6) is 6.01 Å². The topological polar surface area (TPSA) is 89.0 Å². The predicted molar refractivity (Wildman–Crippen MR) is 72.6 cm³/mol. The minimum absolute atomic E-state index is 0.0235. The van der Waals surface area contributed by atoms with Gasteiger partial charge >= 0.3 is 6.01 Å². The highest BCUT2D eigenvalue weighted by Crippen LogP contribution is 2.10. The zero-order chi connectivity index (χ0) is 13.5. The van der Waals surface area contributed by atoms with Crippen molar-refractivity contribution in [2.45, 2.75) is 19.1 Å². The largest absolute Gasteiger partial charge is 0.467 e. The van der Waals surface area contributed by atoms with Crippen LogP contribution in [0.1, 0.15) is 13.8 Å². The first-order valence-corrected chi connectivity index (χ1v) is 7.29. The maximum atomic E-state index is 11.2. The van der Waals surface area contributed by atoms with Crippen LogP contribution in [0.25, 0.3) is 0 Å². The average Bonchev–Trinajstić information content (AvgIpc) is 2.35. The minimum Gasteiger partial charge on any atom is -0.467 e. The van der Waals surface area contributed by atoms with E-state index in [4.69, 9.17) is 4.74 Å². The lowest BCUT2D eigenvalue weighted by atomic mass is 10.5. The van der Waals surface area contributed by atoms with Crippen LogP contribution in [-0.2, 0) is 10.8 Å². The van der Waals surface area contributed by atoms with E-state index in [1.54, 1.807) is 6.26 Å². The summed E-state index contributed by atoms with van der Waals surface area (Å²) in [6.07, 6.45) is 1.67. The van der Waals surface area contributed by atoms with E-state index in [-0.39, 0.29) is 11.3 Å². The lowest BCUT2D eigenvalue weighted by molar-refractivity contribution is 0.379. The van der Waals surface area contributed by atoms with Gasteiger partial charge in [0.15, 0.2) is 0 Å². The summed E-state index contributed by atoms with van der Waals surface area (Å²) in [5, 5.41) is 6.04. The van der Waals surface area contributed by atoms with Crippen LogP contribution in [0.15, 0.2) is 0 Å². The van der Waals surface area contributed by atoms with Crippen LogP contribution in [0, 0.1) is 0 Å². The number of anilines is 2. The first-order valence-electron chi connectivity index (χ1n) is 5.66. The molecule has 0 spiro atoms. The van der Waals surface area contributed by atoms with E-state index in [2.05, 4.69) is 25.6 Å². The van der Waals surface area contributed by atoms with Crippen LogP contribution < -0.4 is 15.4 Å². The molecule has 0 amide bonds. The van der Waals surface area contributed by atoms with Gasteiger partial charge in [-0.2, -0.15) is 15.0 Å². The normalized spacial score (nSPS) is 13.8. The summed E-state index contributed by atoms with van der Waals surface area (Å²) in [4.78, 5) is 12.3. The van der Waals surface area contributed by atoms with Crippen molar-refractivity contribution < 1.29 is 8.95 Å². The molecule has 1 rings (SSSR count). The number of methoxy groups -OCH3 is 1. The third kappa shape index (κ3) is 4.44. The fourth-order valence-electron chi connectivity index (χ4n) is 1.12. The number of nitrogens with one attached hydrogen (secondary N) is 2. The summed E-state index contributed by atoms with van der Waals surface area (Å²) >= 11 is 0. The fraction of sp³-hybridized carbons (Fsp3) is 0.700. The molecule has 7 nitrogen and oxygen atoms in total. The van der Waals surface area contributed by atoms with Crippen molar-refractivity contribution in [1.29, 1.82) is 0 Å². The smallest absolute Gasteiger partial charge is 0.322 e. The summed E-state index contributed by atoms with van der Waals surface area (Å²) in [6, 6.07) is 0.244. The molecule has 0 aliphatic heterocycles. The lowest BCUT2D eigenvalue weighted by Crippen LogP contribution is -2.22. The molecule has 2 atom stereocenters. The Morgan fingerprint density at radius 1 is 1.28 bits per heavy atom. The van der Waals surface area contributed by atoms with E-state index in [1.807, 2.05) is 13.8 Å². The van der Waals surface area contributed by atoms with Gasteiger partial charge in [-0.15, -0.1) is 0 Å². The quantitative estimate of drug-likeness (QED) is 0.747. The second kappa shape index (κ2) is 7.10. The van der Waals surface area contributed by atoms with E-state index >= 15 is 0 Å². The van der Waals surface area contributed by atoms with Crippen molar-refractivity contribution in [3.8, 4) is 6.01 Å². The molecule has 0 saturated heterocycles. The molecular formula is C10H19N5O2S. The molecule has 0 saturated carbocycles. The maximum Gasteiger partial charge on any atom is 0.322 e. The van der Waals surface area contributed by atoms with E-state index in [9.17, 15) is 4.21 Å². The molecule has 2 unspecified atom stereocenters. The van der Waals surface area contributed by atoms with Crippen molar-refractivity contribution in [3.63, 3.8) is 0 Å². The molecule has 1 aromatic heterocycles. The number of hydrogen-bond acceptors (Lipinski definition) is 7. The highest BCUT2D eigenvalue weighted by molar-refractivity contribution is 7.84. The van der Waals surface area contributed by atoms with Gasteiger partial charge in [0, 0.05) is 35.4 Å². The highest BCUT2D eigenvalue weighted by atomic mass is 32.2. The lowest BCUT2D eigenvalue weighted by Gasteiger charge is -2.11. The van der Waals surface area contributed by atoms with Gasteiger partial charge in [-0.25, -0.2) is 0 Å². The van der Waals surface area contributed by atoms with E-state index in [0.717, 1.165) is 0 Å². The van der Waals surface area contributed by atoms with Gasteiger partial charge < -0.3 is 15.4 Å². The molecule has 0 radical (unpaired) electrons. The Morgan fingerprint density at radius 3 is 2.39 bits per heavy atom. The van der Waals surface area contributed by atoms with Crippen LogP contribution >= 0.6 is 0 Å². The molecule has 2 N–H and O–H groups in total. The van der Waals surface area contributed by atoms with Crippen LogP contribution in [0.4, 0.5) is 11.9 Å². The zero-order valence-electron chi connectivity index (χ0n) is 11.1. The van der Waals surface area contributed by atoms with E-state index in [0.29, 0.717) is 25.0 Å². The molecule has 0 fully saturated rings. The first kappa shape index (κ1) is 14.6. The number of ether oxygens (including phenoxy) is 1. The van der Waals surface area contributed by atoms with Gasteiger partial charge in [-0.1, -0.05) is 0 Å². The third-order valence-electron chi connectivity index (χ3n) is 2.25. The average molecular weight is 273 g/mol. The van der Waals surface area contributed by atoms with Gasteiger partial charge in [0.25, 0.3) is 0 Å². The molecule has 102 valence electrons. The van der Waals surface area contributed by atoms with Crippen LogP contribution in [-0.4, -0.2) is 50.9 Å². The Labute approximate surface area is 109 Å². The fourth-order valence-corrected chi connectivity index (χ4v) is 1.43. The Bertz CT molecular complexity index is 415. The number of aromatic nitrogens is 3. The SMILES string of the molecule is CCNc1nc(NCC(C)S(C)=O)nc(OC)n1. The highest BCUT2D eigenvalue weighted by Gasteiger charge is 2.09. The molecule has 0 aliphatic carbocycles. The Hall–Kier alpha value is -1.44. The van der Waals surface area contributed by atoms with Gasteiger partial charge in [0.2, 0.25) is 11.9 Å². The number of nitrogens with zero attached hydrogens (tertiary/aromatic N) is 3. The van der Waals surface area contributed by atoms with Crippen molar-refractivity contribution in [2.24, 2.45) is 0 Å². The van der Waals surface area contributed by atoms with Crippen LogP contribution in [0.3, 0.4) is 0 Å². The Morgan fingerprint density at radius 2 is 1.89 bits per heavy atom. The van der Waals surface area contributed by atoms with Crippen molar-refractivity contribution >= 4 is 22.7 Å². The summed E-state index contributed by atoms with van der Waals surface area (Å²) in [5.41, 5.74) is 0.